The summed E-state index contributed by atoms with van der Waals surface area (Å²) in [5.41, 5.74) is 4.68. The molecule has 5 rings (SSSR count). The number of allylic oxidation sites excluding steroid dienone is 1. The number of rotatable bonds is 6. The standard InChI is InChI=1S/C30H27N3O6/c1-18-9-11-19(12-10-18)30-29-24(16-21(17-26(29)34)20-5-4-6-22(15-20)33(38)39)31-23-7-2-3-8-25(23)32(30)27(35)13-14-28(36)37/h2-12,15,21,30-31H,13-14,16-17H2,1H3,(H,36,37)/t21-,30-/m1/s1. The van der Waals surface area contributed by atoms with Gasteiger partial charge in [0.1, 0.15) is 0 Å². The molecule has 1 aliphatic heterocycles. The Kier molecular flexibility index (Phi) is 6.98. The summed E-state index contributed by atoms with van der Waals surface area (Å²) in [7, 11) is 0. The third-order valence-electron chi connectivity index (χ3n) is 7.26. The molecule has 0 spiro atoms. The quantitative estimate of drug-likeness (QED) is 0.313. The van der Waals surface area contributed by atoms with E-state index < -0.39 is 22.8 Å². The molecule has 0 saturated carbocycles. The van der Waals surface area contributed by atoms with Crippen LogP contribution < -0.4 is 10.2 Å². The first-order valence-electron chi connectivity index (χ1n) is 12.7. The number of hydrogen-bond acceptors (Lipinski definition) is 6. The number of anilines is 2. The predicted octanol–water partition coefficient (Wildman–Crippen LogP) is 5.67. The van der Waals surface area contributed by atoms with Crippen molar-refractivity contribution in [2.24, 2.45) is 0 Å². The number of ketones is 1. The lowest BCUT2D eigenvalue weighted by atomic mass is 9.78. The van der Waals surface area contributed by atoms with E-state index in [1.807, 2.05) is 43.3 Å². The number of para-hydroxylation sites is 2. The minimum atomic E-state index is -1.08. The number of nitro benzene ring substituents is 1. The Morgan fingerprint density at radius 3 is 2.46 bits per heavy atom. The fourth-order valence-corrected chi connectivity index (χ4v) is 5.39. The average Bonchev–Trinajstić information content (AvgIpc) is 3.07. The van der Waals surface area contributed by atoms with Gasteiger partial charge >= 0.3 is 5.97 Å². The maximum atomic E-state index is 14.0. The van der Waals surface area contributed by atoms with Gasteiger partial charge in [-0.25, -0.2) is 0 Å². The van der Waals surface area contributed by atoms with Crippen molar-refractivity contribution in [1.82, 2.24) is 0 Å². The Morgan fingerprint density at radius 1 is 1.00 bits per heavy atom. The second kappa shape index (κ2) is 10.5. The Hall–Kier alpha value is -4.79. The molecular weight excluding hydrogens is 498 g/mol. The van der Waals surface area contributed by atoms with Crippen LogP contribution in [0.3, 0.4) is 0 Å². The third-order valence-corrected chi connectivity index (χ3v) is 7.26. The number of carbonyl (C=O) groups excluding carboxylic acids is 2. The summed E-state index contributed by atoms with van der Waals surface area (Å²) in [6, 6.07) is 20.4. The summed E-state index contributed by atoms with van der Waals surface area (Å²) < 4.78 is 0. The van der Waals surface area contributed by atoms with Gasteiger partial charge in [-0.3, -0.25) is 29.4 Å². The van der Waals surface area contributed by atoms with Gasteiger partial charge in [0.05, 0.1) is 28.8 Å². The number of aryl methyl sites for hydroxylation is 1. The topological polar surface area (TPSA) is 130 Å². The highest BCUT2D eigenvalue weighted by Crippen LogP contribution is 2.47. The molecule has 0 fully saturated rings. The maximum Gasteiger partial charge on any atom is 0.303 e. The van der Waals surface area contributed by atoms with Crippen molar-refractivity contribution < 1.29 is 24.4 Å². The average molecular weight is 526 g/mol. The lowest BCUT2D eigenvalue weighted by Crippen LogP contribution is -2.38. The predicted molar refractivity (Wildman–Crippen MR) is 145 cm³/mol. The normalized spacial score (nSPS) is 18.5. The molecule has 2 atom stereocenters. The second-order valence-electron chi connectivity index (χ2n) is 9.89. The Bertz CT molecular complexity index is 1510. The molecule has 1 heterocycles. The van der Waals surface area contributed by atoms with Gasteiger partial charge in [-0.2, -0.15) is 0 Å². The number of carbonyl (C=O) groups is 3. The van der Waals surface area contributed by atoms with Gasteiger partial charge in [0.25, 0.3) is 5.69 Å². The number of carboxylic acid groups (broad SMARTS) is 1. The number of nitrogens with one attached hydrogen (secondary N) is 1. The van der Waals surface area contributed by atoms with Crippen LogP contribution in [0.5, 0.6) is 0 Å². The zero-order valence-electron chi connectivity index (χ0n) is 21.3. The molecule has 9 nitrogen and oxygen atoms in total. The molecule has 1 aliphatic carbocycles. The first-order valence-corrected chi connectivity index (χ1v) is 12.7. The van der Waals surface area contributed by atoms with Gasteiger partial charge in [-0.15, -0.1) is 0 Å². The van der Waals surface area contributed by atoms with E-state index in [2.05, 4.69) is 5.32 Å². The number of hydrogen-bond donors (Lipinski definition) is 2. The van der Waals surface area contributed by atoms with Crippen LogP contribution in [-0.4, -0.2) is 27.7 Å². The lowest BCUT2D eigenvalue weighted by molar-refractivity contribution is -0.384. The van der Waals surface area contributed by atoms with Crippen molar-refractivity contribution in [3.8, 4) is 0 Å². The first-order chi connectivity index (χ1) is 18.7. The highest BCUT2D eigenvalue weighted by Gasteiger charge is 2.41. The third kappa shape index (κ3) is 5.16. The van der Waals surface area contributed by atoms with Crippen molar-refractivity contribution in [2.45, 2.75) is 44.6 Å². The lowest BCUT2D eigenvalue weighted by Gasteiger charge is -2.35. The van der Waals surface area contributed by atoms with E-state index in [-0.39, 0.29) is 36.7 Å². The van der Waals surface area contributed by atoms with Gasteiger partial charge in [0.2, 0.25) is 5.91 Å². The van der Waals surface area contributed by atoms with Crippen LogP contribution in [0.2, 0.25) is 0 Å². The molecule has 0 aromatic heterocycles. The molecule has 39 heavy (non-hydrogen) atoms. The number of amides is 1. The largest absolute Gasteiger partial charge is 0.481 e. The van der Waals surface area contributed by atoms with Crippen LogP contribution in [0.1, 0.15) is 54.3 Å². The number of benzene rings is 3. The van der Waals surface area contributed by atoms with Crippen LogP contribution >= 0.6 is 0 Å². The molecule has 0 bridgehead atoms. The second-order valence-corrected chi connectivity index (χ2v) is 9.89. The van der Waals surface area contributed by atoms with Crippen molar-refractivity contribution in [1.29, 1.82) is 0 Å². The van der Waals surface area contributed by atoms with E-state index in [1.54, 1.807) is 29.2 Å². The fraction of sp³-hybridized carbons (Fsp3) is 0.233. The highest BCUT2D eigenvalue weighted by molar-refractivity contribution is 6.06. The summed E-state index contributed by atoms with van der Waals surface area (Å²) in [5, 5.41) is 24.0. The van der Waals surface area contributed by atoms with E-state index in [4.69, 9.17) is 0 Å². The number of nitrogens with zero attached hydrogens (tertiary/aromatic N) is 2. The number of aliphatic carboxylic acids is 1. The van der Waals surface area contributed by atoms with Crippen LogP contribution in [0.25, 0.3) is 0 Å². The molecule has 0 unspecified atom stereocenters. The number of carboxylic acids is 1. The van der Waals surface area contributed by atoms with Crippen molar-refractivity contribution >= 4 is 34.7 Å². The molecule has 2 aliphatic rings. The SMILES string of the molecule is Cc1ccc([C@@H]2C3=C(C[C@@H](c4cccc([N+](=O)[O-])c4)CC3=O)Nc3ccccc3N2C(=O)CCC(=O)O)cc1. The molecule has 198 valence electrons. The first kappa shape index (κ1) is 25.8. The fourth-order valence-electron chi connectivity index (χ4n) is 5.39. The summed E-state index contributed by atoms with van der Waals surface area (Å²) in [4.78, 5) is 51.4. The summed E-state index contributed by atoms with van der Waals surface area (Å²) in [5.74, 6) is -1.94. The van der Waals surface area contributed by atoms with Crippen LogP contribution in [0.4, 0.5) is 17.1 Å². The number of non-ortho nitro benzene ring substituents is 1. The molecule has 1 amide bonds. The zero-order chi connectivity index (χ0) is 27.7. The number of fused-ring (bicyclic) bond motifs is 1. The Morgan fingerprint density at radius 2 is 1.74 bits per heavy atom. The Labute approximate surface area is 224 Å². The van der Waals surface area contributed by atoms with Crippen molar-refractivity contribution in [2.75, 3.05) is 10.2 Å². The van der Waals surface area contributed by atoms with E-state index in [0.717, 1.165) is 11.1 Å². The van der Waals surface area contributed by atoms with Gasteiger partial charge in [0, 0.05) is 36.2 Å². The Balaban J connectivity index is 1.66. The van der Waals surface area contributed by atoms with Crippen LogP contribution in [-0.2, 0) is 14.4 Å². The minimum absolute atomic E-state index is 0.0355. The van der Waals surface area contributed by atoms with E-state index in [1.165, 1.54) is 12.1 Å². The summed E-state index contributed by atoms with van der Waals surface area (Å²) in [6.45, 7) is 1.95. The molecular formula is C30H27N3O6. The number of Topliss-reactive ketones (excluding diaryl/α,β-unsaturated/α-hetero) is 1. The van der Waals surface area contributed by atoms with E-state index >= 15 is 0 Å². The van der Waals surface area contributed by atoms with Gasteiger partial charge in [0.15, 0.2) is 5.78 Å². The molecule has 3 aromatic rings. The zero-order valence-corrected chi connectivity index (χ0v) is 21.3. The summed E-state index contributed by atoms with van der Waals surface area (Å²) in [6.07, 6.45) is -0.0208. The smallest absolute Gasteiger partial charge is 0.303 e. The van der Waals surface area contributed by atoms with Gasteiger partial charge in [-0.1, -0.05) is 54.1 Å². The van der Waals surface area contributed by atoms with Crippen LogP contribution in [0, 0.1) is 17.0 Å². The van der Waals surface area contributed by atoms with E-state index in [9.17, 15) is 29.6 Å². The number of nitro groups is 1. The molecule has 3 aromatic carbocycles. The summed E-state index contributed by atoms with van der Waals surface area (Å²) >= 11 is 0. The molecule has 0 radical (unpaired) electrons. The van der Waals surface area contributed by atoms with Gasteiger partial charge in [-0.05, 0) is 42.5 Å². The monoisotopic (exact) mass is 525 g/mol. The molecule has 2 N–H and O–H groups in total. The molecule has 0 saturated heterocycles. The van der Waals surface area contributed by atoms with Crippen molar-refractivity contribution in [3.05, 3.63) is 111 Å². The van der Waals surface area contributed by atoms with Gasteiger partial charge < -0.3 is 10.4 Å². The molecule has 9 heteroatoms. The van der Waals surface area contributed by atoms with E-state index in [0.29, 0.717) is 34.6 Å². The van der Waals surface area contributed by atoms with Crippen molar-refractivity contribution in [3.63, 3.8) is 0 Å². The minimum Gasteiger partial charge on any atom is -0.481 e. The maximum absolute atomic E-state index is 14.0. The highest BCUT2D eigenvalue weighted by atomic mass is 16.6. The van der Waals surface area contributed by atoms with Crippen LogP contribution in [0.15, 0.2) is 84.1 Å².